The first kappa shape index (κ1) is 13.4. The van der Waals surface area contributed by atoms with E-state index >= 15 is 0 Å². The van der Waals surface area contributed by atoms with Crippen molar-refractivity contribution in [2.45, 2.75) is 32.2 Å². The van der Waals surface area contributed by atoms with E-state index in [1.807, 2.05) is 31.2 Å². The van der Waals surface area contributed by atoms with Crippen LogP contribution in [0.4, 0.5) is 0 Å². The molecule has 4 heteroatoms. The number of carbonyl (C=O) groups is 1. The van der Waals surface area contributed by atoms with Crippen molar-refractivity contribution in [2.75, 3.05) is 0 Å². The first-order valence-electron chi connectivity index (χ1n) is 6.99. The van der Waals surface area contributed by atoms with Gasteiger partial charge in [-0.05, 0) is 31.4 Å². The zero-order valence-corrected chi connectivity index (χ0v) is 12.2. The number of hydrogen-bond acceptors (Lipinski definition) is 2. The molecule has 0 spiro atoms. The first-order chi connectivity index (χ1) is 9.63. The Morgan fingerprint density at radius 3 is 2.95 bits per heavy atom. The summed E-state index contributed by atoms with van der Waals surface area (Å²) in [6, 6.07) is 9.40. The van der Waals surface area contributed by atoms with Gasteiger partial charge in [-0.2, -0.15) is 0 Å². The predicted octanol–water partition coefficient (Wildman–Crippen LogP) is 3.81. The highest BCUT2D eigenvalue weighted by molar-refractivity contribution is 6.35. The van der Waals surface area contributed by atoms with Gasteiger partial charge in [-0.15, -0.1) is 0 Å². The normalized spacial score (nSPS) is 16.1. The van der Waals surface area contributed by atoms with Crippen molar-refractivity contribution in [2.24, 2.45) is 5.92 Å². The lowest BCUT2D eigenvalue weighted by Gasteiger charge is -2.13. The molecular weight excluding hydrogens is 272 g/mol. The van der Waals surface area contributed by atoms with Gasteiger partial charge in [0.25, 0.3) is 5.91 Å². The summed E-state index contributed by atoms with van der Waals surface area (Å²) in [6.45, 7) is 2.04. The lowest BCUT2D eigenvalue weighted by Crippen LogP contribution is -2.33. The van der Waals surface area contributed by atoms with Gasteiger partial charge < -0.3 is 5.32 Å². The van der Waals surface area contributed by atoms with Crippen molar-refractivity contribution in [1.82, 2.24) is 10.3 Å². The Hall–Kier alpha value is -1.61. The quantitative estimate of drug-likeness (QED) is 0.929. The van der Waals surface area contributed by atoms with E-state index < -0.39 is 0 Å². The van der Waals surface area contributed by atoms with Crippen molar-refractivity contribution >= 4 is 28.4 Å². The van der Waals surface area contributed by atoms with Crippen LogP contribution in [0.15, 0.2) is 30.3 Å². The summed E-state index contributed by atoms with van der Waals surface area (Å²) in [5.41, 5.74) is 1.14. The summed E-state index contributed by atoms with van der Waals surface area (Å²) in [4.78, 5) is 16.6. The smallest absolute Gasteiger partial charge is 0.270 e. The van der Waals surface area contributed by atoms with E-state index in [0.29, 0.717) is 10.7 Å². The number of carbonyl (C=O) groups excluding carboxylic acids is 1. The van der Waals surface area contributed by atoms with E-state index in [1.54, 1.807) is 6.07 Å². The molecule has 1 heterocycles. The fourth-order valence-corrected chi connectivity index (χ4v) is 2.72. The van der Waals surface area contributed by atoms with E-state index in [-0.39, 0.29) is 11.9 Å². The van der Waals surface area contributed by atoms with Crippen molar-refractivity contribution in [3.63, 3.8) is 0 Å². The Bertz CT molecular complexity index is 652. The van der Waals surface area contributed by atoms with Gasteiger partial charge in [0.15, 0.2) is 0 Å². The molecule has 1 saturated carbocycles. The zero-order chi connectivity index (χ0) is 14.1. The van der Waals surface area contributed by atoms with Crippen LogP contribution in [0.1, 0.15) is 36.7 Å². The third-order valence-electron chi connectivity index (χ3n) is 3.66. The third-order valence-corrected chi connectivity index (χ3v) is 3.97. The molecule has 1 amide bonds. The maximum atomic E-state index is 12.2. The lowest BCUT2D eigenvalue weighted by molar-refractivity contribution is 0.0933. The minimum Gasteiger partial charge on any atom is -0.348 e. The molecule has 0 radical (unpaired) electrons. The van der Waals surface area contributed by atoms with E-state index in [9.17, 15) is 4.79 Å². The molecule has 0 aliphatic heterocycles. The number of nitrogens with one attached hydrogen (secondary N) is 1. The van der Waals surface area contributed by atoms with Gasteiger partial charge in [-0.1, -0.05) is 42.6 Å². The van der Waals surface area contributed by atoms with E-state index in [0.717, 1.165) is 23.2 Å². The van der Waals surface area contributed by atoms with E-state index in [2.05, 4.69) is 10.3 Å². The van der Waals surface area contributed by atoms with Crippen LogP contribution in [0.3, 0.4) is 0 Å². The highest BCUT2D eigenvalue weighted by atomic mass is 35.5. The largest absolute Gasteiger partial charge is 0.348 e. The molecule has 1 unspecified atom stereocenters. The van der Waals surface area contributed by atoms with Crippen LogP contribution in [0.25, 0.3) is 10.9 Å². The summed E-state index contributed by atoms with van der Waals surface area (Å²) >= 11 is 6.22. The highest BCUT2D eigenvalue weighted by Crippen LogP contribution is 2.33. The fourth-order valence-electron chi connectivity index (χ4n) is 2.46. The molecule has 20 heavy (non-hydrogen) atoms. The van der Waals surface area contributed by atoms with Crippen LogP contribution in [0.5, 0.6) is 0 Å². The number of aromatic nitrogens is 1. The fraction of sp³-hybridized carbons (Fsp3) is 0.375. The Morgan fingerprint density at radius 1 is 1.45 bits per heavy atom. The molecular formula is C16H17ClN2O. The summed E-state index contributed by atoms with van der Waals surface area (Å²) in [5, 5.41) is 4.44. The van der Waals surface area contributed by atoms with Crippen LogP contribution in [-0.4, -0.2) is 16.9 Å². The predicted molar refractivity (Wildman–Crippen MR) is 81.0 cm³/mol. The van der Waals surface area contributed by atoms with Gasteiger partial charge in [-0.25, -0.2) is 4.98 Å². The number of rotatable bonds is 4. The minimum absolute atomic E-state index is 0.147. The Labute approximate surface area is 123 Å². The number of amides is 1. The second kappa shape index (κ2) is 5.41. The van der Waals surface area contributed by atoms with Crippen LogP contribution in [-0.2, 0) is 0 Å². The van der Waals surface area contributed by atoms with Crippen molar-refractivity contribution in [3.05, 3.63) is 41.0 Å². The molecule has 3 rings (SSSR count). The molecule has 0 bridgehead atoms. The molecule has 1 aromatic carbocycles. The molecule has 2 aromatic rings. The van der Waals surface area contributed by atoms with Crippen LogP contribution in [0.2, 0.25) is 5.02 Å². The summed E-state index contributed by atoms with van der Waals surface area (Å²) < 4.78 is 0. The van der Waals surface area contributed by atoms with Gasteiger partial charge >= 0.3 is 0 Å². The monoisotopic (exact) mass is 288 g/mol. The van der Waals surface area contributed by atoms with Gasteiger partial charge in [-0.3, -0.25) is 4.79 Å². The molecule has 1 fully saturated rings. The molecule has 104 valence electrons. The summed E-state index contributed by atoms with van der Waals surface area (Å²) in [5.74, 6) is 0.643. The van der Waals surface area contributed by atoms with Crippen LogP contribution in [0, 0.1) is 5.92 Å². The molecule has 1 aliphatic rings. The third kappa shape index (κ3) is 2.93. The van der Waals surface area contributed by atoms with Gasteiger partial charge in [0.2, 0.25) is 0 Å². The maximum absolute atomic E-state index is 12.2. The summed E-state index contributed by atoms with van der Waals surface area (Å²) in [6.07, 6.45) is 3.63. The van der Waals surface area contributed by atoms with Crippen molar-refractivity contribution in [1.29, 1.82) is 0 Å². The Balaban J connectivity index is 1.80. The molecule has 1 aromatic heterocycles. The number of benzene rings is 1. The minimum atomic E-state index is -0.147. The summed E-state index contributed by atoms with van der Waals surface area (Å²) in [7, 11) is 0. The number of para-hydroxylation sites is 1. The molecule has 3 nitrogen and oxygen atoms in total. The average molecular weight is 289 g/mol. The van der Waals surface area contributed by atoms with Crippen molar-refractivity contribution < 1.29 is 4.79 Å². The first-order valence-corrected chi connectivity index (χ1v) is 7.37. The number of fused-ring (bicyclic) bond motifs is 1. The van der Waals surface area contributed by atoms with E-state index in [4.69, 9.17) is 11.6 Å². The van der Waals surface area contributed by atoms with Crippen LogP contribution >= 0.6 is 11.6 Å². The average Bonchev–Trinajstić information content (AvgIpc) is 3.22. The second-order valence-corrected chi connectivity index (χ2v) is 5.97. The van der Waals surface area contributed by atoms with Gasteiger partial charge in [0.05, 0.1) is 10.5 Å². The molecule has 1 aliphatic carbocycles. The highest BCUT2D eigenvalue weighted by Gasteiger charge is 2.24. The lowest BCUT2D eigenvalue weighted by atomic mass is 10.1. The molecule has 1 N–H and O–H groups in total. The number of hydrogen-bond donors (Lipinski definition) is 1. The van der Waals surface area contributed by atoms with Gasteiger partial charge in [0.1, 0.15) is 5.69 Å². The molecule has 1 atom stereocenters. The van der Waals surface area contributed by atoms with Crippen molar-refractivity contribution in [3.8, 4) is 0 Å². The Kier molecular flexibility index (Phi) is 3.62. The zero-order valence-electron chi connectivity index (χ0n) is 11.4. The second-order valence-electron chi connectivity index (χ2n) is 5.56. The number of pyridine rings is 1. The molecule has 0 saturated heterocycles. The van der Waals surface area contributed by atoms with E-state index in [1.165, 1.54) is 12.8 Å². The SMILES string of the molecule is CC(CC1CC1)NC(=O)c1cc(Cl)c2ccccc2n1. The topological polar surface area (TPSA) is 42.0 Å². The van der Waals surface area contributed by atoms with Gasteiger partial charge in [0, 0.05) is 11.4 Å². The maximum Gasteiger partial charge on any atom is 0.270 e. The Morgan fingerprint density at radius 2 is 2.20 bits per heavy atom. The number of nitrogens with zero attached hydrogens (tertiary/aromatic N) is 1. The van der Waals surface area contributed by atoms with Crippen LogP contribution < -0.4 is 5.32 Å². The number of halogens is 1. The standard InChI is InChI=1S/C16H17ClN2O/c1-10(8-11-6-7-11)18-16(20)15-9-13(17)12-4-2-3-5-14(12)19-15/h2-5,9-11H,6-8H2,1H3,(H,18,20).